The molecule has 0 N–H and O–H groups in total. The third kappa shape index (κ3) is 2.85. The van der Waals surface area contributed by atoms with Gasteiger partial charge in [0.1, 0.15) is 0 Å². The monoisotopic (exact) mass is 299 g/mol. The fraction of sp³-hybridized carbons (Fsp3) is 0.714. The van der Waals surface area contributed by atoms with E-state index in [1.807, 2.05) is 0 Å². The number of hydrogen-bond donors (Lipinski definition) is 0. The van der Waals surface area contributed by atoms with E-state index in [2.05, 4.69) is 52.5 Å². The number of hydrogen-bond acceptors (Lipinski definition) is 1. The van der Waals surface area contributed by atoms with Crippen LogP contribution in [-0.4, -0.2) is 17.0 Å². The molecule has 1 heteroatoms. The van der Waals surface area contributed by atoms with E-state index in [1.54, 1.807) is 27.8 Å². The second kappa shape index (κ2) is 5.37. The number of fused-ring (bicyclic) bond motifs is 3. The molecule has 0 atom stereocenters. The minimum absolute atomic E-state index is 0.275. The molecule has 0 fully saturated rings. The summed E-state index contributed by atoms with van der Waals surface area (Å²) in [6.45, 7) is 16.6. The van der Waals surface area contributed by atoms with Crippen LogP contribution in [0.3, 0.4) is 0 Å². The summed E-state index contributed by atoms with van der Waals surface area (Å²) in [6, 6.07) is 2.57. The Hall–Kier alpha value is -0.820. The average molecular weight is 300 g/mol. The van der Waals surface area contributed by atoms with Gasteiger partial charge in [-0.15, -0.1) is 0 Å². The summed E-state index contributed by atoms with van der Waals surface area (Å²) >= 11 is 0. The fourth-order valence-electron chi connectivity index (χ4n) is 4.26. The predicted molar refractivity (Wildman–Crippen MR) is 95.7 cm³/mol. The van der Waals surface area contributed by atoms with Crippen molar-refractivity contribution in [1.29, 1.82) is 0 Å². The van der Waals surface area contributed by atoms with Gasteiger partial charge >= 0.3 is 0 Å². The van der Waals surface area contributed by atoms with Gasteiger partial charge in [0, 0.05) is 18.6 Å². The van der Waals surface area contributed by atoms with Crippen LogP contribution in [0.2, 0.25) is 0 Å². The summed E-state index contributed by atoms with van der Waals surface area (Å²) in [6.07, 6.45) is 6.58. The summed E-state index contributed by atoms with van der Waals surface area (Å²) in [4.78, 5) is 2.67. The zero-order chi connectivity index (χ0) is 16.1. The van der Waals surface area contributed by atoms with E-state index < -0.39 is 0 Å². The van der Waals surface area contributed by atoms with Gasteiger partial charge in [-0.2, -0.15) is 0 Å². The van der Waals surface area contributed by atoms with Crippen LogP contribution in [-0.2, 0) is 31.2 Å². The van der Waals surface area contributed by atoms with Crippen molar-refractivity contribution in [2.45, 2.75) is 91.1 Å². The molecule has 1 aliphatic heterocycles. The van der Waals surface area contributed by atoms with Crippen LogP contribution in [0.1, 0.15) is 82.2 Å². The highest BCUT2D eigenvalue weighted by Crippen LogP contribution is 2.39. The summed E-state index contributed by atoms with van der Waals surface area (Å²) in [5.41, 5.74) is 8.94. The molecule has 1 aliphatic carbocycles. The van der Waals surface area contributed by atoms with Gasteiger partial charge in [0.15, 0.2) is 0 Å². The highest BCUT2D eigenvalue weighted by atomic mass is 15.2. The topological polar surface area (TPSA) is 3.24 Å². The van der Waals surface area contributed by atoms with Crippen molar-refractivity contribution in [1.82, 2.24) is 4.90 Å². The molecule has 0 spiro atoms. The quantitative estimate of drug-likeness (QED) is 0.650. The molecule has 1 nitrogen and oxygen atoms in total. The number of nitrogens with zero attached hydrogens (tertiary/aromatic N) is 1. The molecule has 0 radical (unpaired) electrons. The van der Waals surface area contributed by atoms with Crippen LogP contribution in [0.25, 0.3) is 0 Å². The molecule has 1 heterocycles. The fourth-order valence-corrected chi connectivity index (χ4v) is 4.26. The smallest absolute Gasteiger partial charge is 0.0244 e. The van der Waals surface area contributed by atoms with Gasteiger partial charge in [0.2, 0.25) is 0 Å². The summed E-state index contributed by atoms with van der Waals surface area (Å²) in [5, 5.41) is 0. The van der Waals surface area contributed by atoms with Crippen LogP contribution in [0.4, 0.5) is 0 Å². The summed E-state index contributed by atoms with van der Waals surface area (Å²) in [7, 11) is 0. The number of benzene rings is 1. The van der Waals surface area contributed by atoms with E-state index in [1.165, 1.54) is 38.6 Å². The largest absolute Gasteiger partial charge is 0.294 e. The van der Waals surface area contributed by atoms with Crippen molar-refractivity contribution >= 4 is 0 Å². The Morgan fingerprint density at radius 2 is 1.45 bits per heavy atom. The maximum Gasteiger partial charge on any atom is 0.0244 e. The molecular weight excluding hydrogens is 266 g/mol. The number of rotatable bonds is 0. The Balaban J connectivity index is 2.10. The van der Waals surface area contributed by atoms with Gasteiger partial charge in [-0.3, -0.25) is 4.90 Å². The average Bonchev–Trinajstić information content (AvgIpc) is 2.44. The molecule has 1 aromatic carbocycles. The first-order valence-corrected chi connectivity index (χ1v) is 9.10. The first-order chi connectivity index (χ1) is 10.2. The molecule has 0 unspecified atom stereocenters. The maximum absolute atomic E-state index is 2.67. The lowest BCUT2D eigenvalue weighted by Crippen LogP contribution is -2.45. The molecule has 0 amide bonds. The van der Waals surface area contributed by atoms with E-state index in [0.717, 1.165) is 6.54 Å². The van der Waals surface area contributed by atoms with E-state index in [0.29, 0.717) is 0 Å². The highest BCUT2D eigenvalue weighted by molar-refractivity contribution is 5.50. The van der Waals surface area contributed by atoms with E-state index in [9.17, 15) is 0 Å². The van der Waals surface area contributed by atoms with Crippen molar-refractivity contribution in [2.75, 3.05) is 6.54 Å². The minimum atomic E-state index is 0.275. The SMILES string of the molecule is CC(C)(C)c1cc2c(c3c1CCCC3)CN(C(C)(C)C)CC2. The molecule has 0 bridgehead atoms. The Bertz CT molecular complexity index is 569. The molecule has 1 aromatic rings. The molecule has 122 valence electrons. The Morgan fingerprint density at radius 3 is 2.05 bits per heavy atom. The lowest BCUT2D eigenvalue weighted by atomic mass is 9.74. The second-order valence-electron chi connectivity index (χ2n) is 9.32. The molecule has 22 heavy (non-hydrogen) atoms. The van der Waals surface area contributed by atoms with E-state index in [4.69, 9.17) is 0 Å². The van der Waals surface area contributed by atoms with Crippen molar-refractivity contribution in [3.63, 3.8) is 0 Å². The van der Waals surface area contributed by atoms with Crippen molar-refractivity contribution in [2.24, 2.45) is 0 Å². The molecule has 3 rings (SSSR count). The van der Waals surface area contributed by atoms with Crippen LogP contribution in [0, 0.1) is 0 Å². The van der Waals surface area contributed by atoms with Crippen LogP contribution in [0.15, 0.2) is 6.07 Å². The Kier molecular flexibility index (Phi) is 3.92. The lowest BCUT2D eigenvalue weighted by Gasteiger charge is -2.41. The third-order valence-electron chi connectivity index (χ3n) is 5.62. The molecule has 0 aromatic heterocycles. The minimum Gasteiger partial charge on any atom is -0.294 e. The molecule has 0 saturated heterocycles. The standard InChI is InChI=1S/C21H33N/c1-20(2,3)19-13-15-11-12-22(21(4,5)6)14-18(15)16-9-7-8-10-17(16)19/h13H,7-12,14H2,1-6H3. The van der Waals surface area contributed by atoms with Gasteiger partial charge in [-0.25, -0.2) is 0 Å². The van der Waals surface area contributed by atoms with Crippen LogP contribution < -0.4 is 0 Å². The molecule has 2 aliphatic rings. The van der Waals surface area contributed by atoms with Gasteiger partial charge in [-0.1, -0.05) is 26.8 Å². The van der Waals surface area contributed by atoms with Gasteiger partial charge < -0.3 is 0 Å². The third-order valence-corrected chi connectivity index (χ3v) is 5.62. The second-order valence-corrected chi connectivity index (χ2v) is 9.32. The highest BCUT2D eigenvalue weighted by Gasteiger charge is 2.31. The normalized spacial score (nSPS) is 19.7. The predicted octanol–water partition coefficient (Wildman–Crippen LogP) is 5.02. The van der Waals surface area contributed by atoms with E-state index >= 15 is 0 Å². The zero-order valence-corrected chi connectivity index (χ0v) is 15.5. The molecular formula is C21H33N. The zero-order valence-electron chi connectivity index (χ0n) is 15.5. The van der Waals surface area contributed by atoms with Gasteiger partial charge in [-0.05, 0) is 86.1 Å². The van der Waals surface area contributed by atoms with Gasteiger partial charge in [0.05, 0.1) is 0 Å². The summed E-state index contributed by atoms with van der Waals surface area (Å²) < 4.78 is 0. The first-order valence-electron chi connectivity index (χ1n) is 9.10. The van der Waals surface area contributed by atoms with Crippen molar-refractivity contribution in [3.05, 3.63) is 33.9 Å². The Morgan fingerprint density at radius 1 is 0.818 bits per heavy atom. The van der Waals surface area contributed by atoms with Crippen LogP contribution in [0.5, 0.6) is 0 Å². The first kappa shape index (κ1) is 16.1. The Labute approximate surface area is 137 Å². The summed E-state index contributed by atoms with van der Waals surface area (Å²) in [5.74, 6) is 0. The molecule has 0 saturated carbocycles. The van der Waals surface area contributed by atoms with Crippen molar-refractivity contribution in [3.8, 4) is 0 Å². The maximum atomic E-state index is 2.67. The van der Waals surface area contributed by atoms with E-state index in [-0.39, 0.29) is 11.0 Å². The van der Waals surface area contributed by atoms with Crippen LogP contribution >= 0.6 is 0 Å². The van der Waals surface area contributed by atoms with Gasteiger partial charge in [0.25, 0.3) is 0 Å². The lowest BCUT2D eigenvalue weighted by molar-refractivity contribution is 0.120. The van der Waals surface area contributed by atoms with Crippen molar-refractivity contribution < 1.29 is 0 Å².